The monoisotopic (exact) mass is 472 g/mol. The lowest BCUT2D eigenvalue weighted by atomic mass is 10.1. The zero-order chi connectivity index (χ0) is 22.9. The van der Waals surface area contributed by atoms with Gasteiger partial charge in [-0.3, -0.25) is 4.79 Å². The number of nitrogens with zero attached hydrogens (tertiary/aromatic N) is 1. The fraction of sp³-hybridized carbons (Fsp3) is 0.304. The van der Waals surface area contributed by atoms with Crippen LogP contribution in [0, 0.1) is 13.8 Å². The van der Waals surface area contributed by atoms with Gasteiger partial charge in [-0.05, 0) is 62.4 Å². The van der Waals surface area contributed by atoms with Gasteiger partial charge in [-0.15, -0.1) is 11.3 Å². The number of ether oxygens (including phenoxy) is 1. The number of carbonyl (C=O) groups is 2. The fourth-order valence-electron chi connectivity index (χ4n) is 3.70. The molecule has 0 saturated heterocycles. The maximum Gasteiger partial charge on any atom is 0.338 e. The van der Waals surface area contributed by atoms with Crippen molar-refractivity contribution in [1.82, 2.24) is 9.29 Å². The number of rotatable bonds is 9. The summed E-state index contributed by atoms with van der Waals surface area (Å²) < 4.78 is 35.0. The SMILES string of the molecule is Cc1cc(C(=O)COC(=O)c2cccc(S(=O)(=O)NCc3cccs3)c2)c(C)n1C1CC1. The van der Waals surface area contributed by atoms with Gasteiger partial charge in [0.1, 0.15) is 0 Å². The van der Waals surface area contributed by atoms with Crippen LogP contribution in [0.4, 0.5) is 0 Å². The number of sulfonamides is 1. The van der Waals surface area contributed by atoms with Crippen LogP contribution >= 0.6 is 11.3 Å². The molecule has 2 heterocycles. The summed E-state index contributed by atoms with van der Waals surface area (Å²) in [5.74, 6) is -1.02. The Balaban J connectivity index is 1.40. The van der Waals surface area contributed by atoms with Gasteiger partial charge in [0.05, 0.1) is 10.5 Å². The van der Waals surface area contributed by atoms with Gasteiger partial charge in [0, 0.05) is 34.4 Å². The van der Waals surface area contributed by atoms with Gasteiger partial charge in [0.2, 0.25) is 15.8 Å². The highest BCUT2D eigenvalue weighted by molar-refractivity contribution is 7.89. The number of esters is 1. The number of Topliss-reactive ketones (excluding diaryl/α,β-unsaturated/α-hetero) is 1. The van der Waals surface area contributed by atoms with E-state index in [2.05, 4.69) is 9.29 Å². The average Bonchev–Trinajstić information content (AvgIpc) is 3.36. The molecule has 4 rings (SSSR count). The smallest absolute Gasteiger partial charge is 0.338 e. The van der Waals surface area contributed by atoms with Crippen LogP contribution in [0.3, 0.4) is 0 Å². The first-order chi connectivity index (χ1) is 15.3. The molecule has 7 nitrogen and oxygen atoms in total. The van der Waals surface area contributed by atoms with Gasteiger partial charge in [-0.25, -0.2) is 17.9 Å². The fourth-order valence-corrected chi connectivity index (χ4v) is 5.49. The molecule has 3 aromatic rings. The molecule has 1 fully saturated rings. The zero-order valence-electron chi connectivity index (χ0n) is 17.8. The van der Waals surface area contributed by atoms with Crippen LogP contribution in [0.25, 0.3) is 0 Å². The van der Waals surface area contributed by atoms with Crippen LogP contribution in [0.15, 0.2) is 52.7 Å². The lowest BCUT2D eigenvalue weighted by Gasteiger charge is -2.09. The Labute approximate surface area is 191 Å². The van der Waals surface area contributed by atoms with Crippen LogP contribution in [0.5, 0.6) is 0 Å². The lowest BCUT2D eigenvalue weighted by Crippen LogP contribution is -2.23. The molecule has 0 bridgehead atoms. The Hall–Kier alpha value is -2.75. The Morgan fingerprint density at radius 1 is 1.16 bits per heavy atom. The maximum atomic E-state index is 12.6. The maximum absolute atomic E-state index is 12.6. The molecule has 0 spiro atoms. The Bertz CT molecular complexity index is 1260. The van der Waals surface area contributed by atoms with E-state index in [0.717, 1.165) is 29.1 Å². The number of thiophene rings is 1. The largest absolute Gasteiger partial charge is 0.454 e. The highest BCUT2D eigenvalue weighted by Gasteiger charge is 2.28. The van der Waals surface area contributed by atoms with Gasteiger partial charge < -0.3 is 9.30 Å². The Kier molecular flexibility index (Phi) is 6.32. The van der Waals surface area contributed by atoms with Crippen molar-refractivity contribution in [1.29, 1.82) is 0 Å². The molecule has 1 N–H and O–H groups in total. The standard InChI is InChI=1S/C23H24N2O5S2/c1-15-11-21(16(2)25(15)18-8-9-18)22(26)14-30-23(27)17-5-3-7-20(12-17)32(28,29)24-13-19-6-4-10-31-19/h3-7,10-12,18,24H,8-9,13-14H2,1-2H3. The highest BCUT2D eigenvalue weighted by atomic mass is 32.2. The van der Waals surface area contributed by atoms with Crippen LogP contribution in [0.1, 0.15) is 55.9 Å². The molecule has 0 atom stereocenters. The topological polar surface area (TPSA) is 94.5 Å². The minimum absolute atomic E-state index is 0.0391. The van der Waals surface area contributed by atoms with Crippen molar-refractivity contribution in [2.45, 2.75) is 44.2 Å². The van der Waals surface area contributed by atoms with Crippen LogP contribution in [-0.4, -0.2) is 31.3 Å². The molecule has 1 saturated carbocycles. The minimum Gasteiger partial charge on any atom is -0.454 e. The van der Waals surface area contributed by atoms with Crippen molar-refractivity contribution in [3.8, 4) is 0 Å². The van der Waals surface area contributed by atoms with E-state index in [1.165, 1.54) is 35.6 Å². The predicted octanol–water partition coefficient (Wildman–Crippen LogP) is 4.02. The predicted molar refractivity (Wildman–Crippen MR) is 122 cm³/mol. The van der Waals surface area contributed by atoms with E-state index >= 15 is 0 Å². The lowest BCUT2D eigenvalue weighted by molar-refractivity contribution is 0.0474. The molecule has 1 aromatic carbocycles. The molecular weight excluding hydrogens is 448 g/mol. The van der Waals surface area contributed by atoms with Crippen molar-refractivity contribution in [2.24, 2.45) is 0 Å². The van der Waals surface area contributed by atoms with E-state index in [0.29, 0.717) is 11.6 Å². The molecule has 0 unspecified atom stereocenters. The molecule has 0 aliphatic heterocycles. The zero-order valence-corrected chi connectivity index (χ0v) is 19.5. The minimum atomic E-state index is -3.80. The summed E-state index contributed by atoms with van der Waals surface area (Å²) >= 11 is 1.45. The van der Waals surface area contributed by atoms with Crippen LogP contribution in [0.2, 0.25) is 0 Å². The highest BCUT2D eigenvalue weighted by Crippen LogP contribution is 2.38. The van der Waals surface area contributed by atoms with Crippen molar-refractivity contribution < 1.29 is 22.7 Å². The van der Waals surface area contributed by atoms with Crippen LogP contribution < -0.4 is 4.72 Å². The normalized spacial score (nSPS) is 13.8. The van der Waals surface area contributed by atoms with E-state index in [9.17, 15) is 18.0 Å². The number of aromatic nitrogens is 1. The Morgan fingerprint density at radius 3 is 2.62 bits per heavy atom. The summed E-state index contributed by atoms with van der Waals surface area (Å²) in [6.07, 6.45) is 2.22. The van der Waals surface area contributed by atoms with Crippen molar-refractivity contribution >= 4 is 33.1 Å². The second kappa shape index (κ2) is 9.01. The summed E-state index contributed by atoms with van der Waals surface area (Å²) in [7, 11) is -3.80. The molecule has 1 aliphatic rings. The third-order valence-corrected chi connectivity index (χ3v) is 7.70. The van der Waals surface area contributed by atoms with E-state index in [1.807, 2.05) is 37.4 Å². The molecule has 0 amide bonds. The molecule has 2 aromatic heterocycles. The van der Waals surface area contributed by atoms with Crippen molar-refractivity contribution in [3.05, 3.63) is 75.2 Å². The molecule has 1 aliphatic carbocycles. The first-order valence-electron chi connectivity index (χ1n) is 10.3. The number of ketones is 1. The number of nitrogens with one attached hydrogen (secondary N) is 1. The van der Waals surface area contributed by atoms with E-state index in [1.54, 1.807) is 0 Å². The number of carbonyl (C=O) groups excluding carboxylic acids is 2. The van der Waals surface area contributed by atoms with Gasteiger partial charge in [0.15, 0.2) is 6.61 Å². The van der Waals surface area contributed by atoms with E-state index in [-0.39, 0.29) is 22.8 Å². The molecule has 9 heteroatoms. The van der Waals surface area contributed by atoms with Crippen molar-refractivity contribution in [3.63, 3.8) is 0 Å². The van der Waals surface area contributed by atoms with Crippen LogP contribution in [-0.2, 0) is 21.3 Å². The van der Waals surface area contributed by atoms with E-state index in [4.69, 9.17) is 4.74 Å². The molecule has 0 radical (unpaired) electrons. The summed E-state index contributed by atoms with van der Waals surface area (Å²) in [4.78, 5) is 26.0. The van der Waals surface area contributed by atoms with Gasteiger partial charge >= 0.3 is 5.97 Å². The third kappa shape index (κ3) is 4.85. The van der Waals surface area contributed by atoms with Gasteiger partial charge in [-0.1, -0.05) is 12.1 Å². The first kappa shape index (κ1) is 22.4. The second-order valence-electron chi connectivity index (χ2n) is 7.82. The summed E-state index contributed by atoms with van der Waals surface area (Å²) in [6, 6.07) is 11.6. The molecule has 168 valence electrons. The number of benzene rings is 1. The van der Waals surface area contributed by atoms with Gasteiger partial charge in [0.25, 0.3) is 0 Å². The molecular formula is C23H24N2O5S2. The molecule has 32 heavy (non-hydrogen) atoms. The Morgan fingerprint density at radius 2 is 1.94 bits per heavy atom. The number of hydrogen-bond acceptors (Lipinski definition) is 6. The average molecular weight is 473 g/mol. The van der Waals surface area contributed by atoms with E-state index < -0.39 is 22.6 Å². The number of aryl methyl sites for hydroxylation is 1. The first-order valence-corrected chi connectivity index (χ1v) is 12.6. The third-order valence-electron chi connectivity index (χ3n) is 5.43. The summed E-state index contributed by atoms with van der Waals surface area (Å²) in [5, 5.41) is 1.87. The quantitative estimate of drug-likeness (QED) is 0.375. The summed E-state index contributed by atoms with van der Waals surface area (Å²) in [6.45, 7) is 3.63. The number of hydrogen-bond donors (Lipinski definition) is 1. The van der Waals surface area contributed by atoms with Gasteiger partial charge in [-0.2, -0.15) is 0 Å². The summed E-state index contributed by atoms with van der Waals surface area (Å²) in [5.41, 5.74) is 2.53. The van der Waals surface area contributed by atoms with Crippen molar-refractivity contribution in [2.75, 3.05) is 6.61 Å². The second-order valence-corrected chi connectivity index (χ2v) is 10.6.